The number of hydrogen-bond donors (Lipinski definition) is 0. The van der Waals surface area contributed by atoms with Gasteiger partial charge in [0.2, 0.25) is 5.88 Å². The zero-order valence-corrected chi connectivity index (χ0v) is 11.7. The summed E-state index contributed by atoms with van der Waals surface area (Å²) in [6.07, 6.45) is 0.745. The van der Waals surface area contributed by atoms with Crippen LogP contribution in [-0.4, -0.2) is 16.3 Å². The van der Waals surface area contributed by atoms with E-state index in [1.807, 2.05) is 0 Å². The molecule has 18 heavy (non-hydrogen) atoms. The van der Waals surface area contributed by atoms with Crippen LogP contribution < -0.4 is 4.74 Å². The standard InChI is InChI=1S/C12H8BrClN2O2/c1-7-15-11(14)5-12(16-7)18-9-2-3-10(13)8(4-9)6-17/h2-6H,1H3. The molecule has 0 atom stereocenters. The summed E-state index contributed by atoms with van der Waals surface area (Å²) in [5.74, 6) is 1.37. The molecule has 0 aliphatic carbocycles. The van der Waals surface area contributed by atoms with Crippen molar-refractivity contribution in [1.82, 2.24) is 9.97 Å². The molecular weight excluding hydrogens is 320 g/mol. The first kappa shape index (κ1) is 13.0. The van der Waals surface area contributed by atoms with Crippen LogP contribution in [0.5, 0.6) is 11.6 Å². The first-order chi connectivity index (χ1) is 8.58. The van der Waals surface area contributed by atoms with Gasteiger partial charge in [-0.05, 0) is 25.1 Å². The Hall–Kier alpha value is -1.46. The molecule has 1 aromatic carbocycles. The van der Waals surface area contributed by atoms with Gasteiger partial charge in [0.15, 0.2) is 6.29 Å². The number of halogens is 2. The van der Waals surface area contributed by atoms with Crippen LogP contribution in [0.1, 0.15) is 16.2 Å². The number of nitrogens with zero attached hydrogens (tertiary/aromatic N) is 2. The topological polar surface area (TPSA) is 52.1 Å². The van der Waals surface area contributed by atoms with Crippen molar-refractivity contribution in [3.05, 3.63) is 45.3 Å². The van der Waals surface area contributed by atoms with Crippen molar-refractivity contribution in [3.63, 3.8) is 0 Å². The summed E-state index contributed by atoms with van der Waals surface area (Å²) in [5.41, 5.74) is 0.504. The minimum absolute atomic E-state index is 0.310. The number of aldehydes is 1. The maximum Gasteiger partial charge on any atom is 0.224 e. The van der Waals surface area contributed by atoms with Crippen molar-refractivity contribution in [2.45, 2.75) is 6.92 Å². The largest absolute Gasteiger partial charge is 0.439 e. The summed E-state index contributed by atoms with van der Waals surface area (Å²) in [6, 6.07) is 6.58. The molecule has 1 aromatic heterocycles. The Bertz CT molecular complexity index is 584. The van der Waals surface area contributed by atoms with Gasteiger partial charge < -0.3 is 4.74 Å². The van der Waals surface area contributed by atoms with Gasteiger partial charge in [0, 0.05) is 16.1 Å². The van der Waals surface area contributed by atoms with E-state index in [1.165, 1.54) is 6.07 Å². The molecule has 0 radical (unpaired) electrons. The van der Waals surface area contributed by atoms with Crippen LogP contribution in [0.3, 0.4) is 0 Å². The second-order valence-electron chi connectivity index (χ2n) is 3.48. The van der Waals surface area contributed by atoms with Gasteiger partial charge in [0.05, 0.1) is 0 Å². The lowest BCUT2D eigenvalue weighted by Crippen LogP contribution is -1.94. The van der Waals surface area contributed by atoms with E-state index < -0.39 is 0 Å². The molecular formula is C12H8BrClN2O2. The summed E-state index contributed by atoms with van der Waals surface area (Å²) >= 11 is 9.07. The molecule has 0 N–H and O–H groups in total. The molecule has 1 heterocycles. The quantitative estimate of drug-likeness (QED) is 0.635. The van der Waals surface area contributed by atoms with Gasteiger partial charge >= 0.3 is 0 Å². The Labute approximate surface area is 117 Å². The van der Waals surface area contributed by atoms with Crippen molar-refractivity contribution in [1.29, 1.82) is 0 Å². The predicted molar refractivity (Wildman–Crippen MR) is 71.4 cm³/mol. The molecule has 0 fully saturated rings. The van der Waals surface area contributed by atoms with Crippen LogP contribution in [0.15, 0.2) is 28.7 Å². The van der Waals surface area contributed by atoms with E-state index >= 15 is 0 Å². The summed E-state index contributed by atoms with van der Waals surface area (Å²) in [6.45, 7) is 1.72. The zero-order chi connectivity index (χ0) is 13.1. The molecule has 0 saturated carbocycles. The number of carbonyl (C=O) groups is 1. The third kappa shape index (κ3) is 3.05. The highest BCUT2D eigenvalue weighted by Gasteiger charge is 2.05. The van der Waals surface area contributed by atoms with Gasteiger partial charge in [-0.2, -0.15) is 4.98 Å². The molecule has 92 valence electrons. The van der Waals surface area contributed by atoms with E-state index in [4.69, 9.17) is 16.3 Å². The number of aryl methyl sites for hydroxylation is 1. The average Bonchev–Trinajstić information content (AvgIpc) is 2.30. The maximum atomic E-state index is 10.8. The number of ether oxygens (including phenoxy) is 1. The highest BCUT2D eigenvalue weighted by atomic mass is 79.9. The second-order valence-corrected chi connectivity index (χ2v) is 4.72. The summed E-state index contributed by atoms with van der Waals surface area (Å²) in [4.78, 5) is 18.8. The lowest BCUT2D eigenvalue weighted by Gasteiger charge is -2.06. The highest BCUT2D eigenvalue weighted by Crippen LogP contribution is 2.25. The van der Waals surface area contributed by atoms with E-state index in [-0.39, 0.29) is 0 Å². The lowest BCUT2D eigenvalue weighted by atomic mass is 10.2. The molecule has 0 bridgehead atoms. The third-order valence-corrected chi connectivity index (χ3v) is 3.02. The minimum atomic E-state index is 0.310. The van der Waals surface area contributed by atoms with Crippen LogP contribution >= 0.6 is 27.5 Å². The van der Waals surface area contributed by atoms with Crippen LogP contribution in [-0.2, 0) is 0 Å². The van der Waals surface area contributed by atoms with Gasteiger partial charge in [-0.1, -0.05) is 27.5 Å². The van der Waals surface area contributed by atoms with Gasteiger partial charge in [-0.25, -0.2) is 4.98 Å². The zero-order valence-electron chi connectivity index (χ0n) is 9.35. The Morgan fingerprint density at radius 2 is 2.11 bits per heavy atom. The number of benzene rings is 1. The number of aromatic nitrogens is 2. The van der Waals surface area contributed by atoms with E-state index in [0.717, 1.165) is 6.29 Å². The number of carbonyl (C=O) groups excluding carboxylic acids is 1. The summed E-state index contributed by atoms with van der Waals surface area (Å²) < 4.78 is 6.23. The van der Waals surface area contributed by atoms with Crippen LogP contribution in [0, 0.1) is 6.92 Å². The molecule has 0 aliphatic rings. The van der Waals surface area contributed by atoms with Crippen molar-refractivity contribution < 1.29 is 9.53 Å². The Morgan fingerprint density at radius 3 is 2.78 bits per heavy atom. The summed E-state index contributed by atoms with van der Waals surface area (Å²) in [7, 11) is 0. The Morgan fingerprint density at radius 1 is 1.33 bits per heavy atom. The third-order valence-electron chi connectivity index (χ3n) is 2.10. The van der Waals surface area contributed by atoms with Gasteiger partial charge in [0.25, 0.3) is 0 Å². The summed E-state index contributed by atoms with van der Waals surface area (Å²) in [5, 5.41) is 0.310. The van der Waals surface area contributed by atoms with Crippen molar-refractivity contribution in [3.8, 4) is 11.6 Å². The lowest BCUT2D eigenvalue weighted by molar-refractivity contribution is 0.112. The van der Waals surface area contributed by atoms with Gasteiger partial charge in [-0.15, -0.1) is 0 Å². The fourth-order valence-electron chi connectivity index (χ4n) is 1.35. The van der Waals surface area contributed by atoms with Crippen LogP contribution in [0.2, 0.25) is 5.15 Å². The SMILES string of the molecule is Cc1nc(Cl)cc(Oc2ccc(Br)c(C=O)c2)n1. The fourth-order valence-corrected chi connectivity index (χ4v) is 1.91. The van der Waals surface area contributed by atoms with E-state index in [2.05, 4.69) is 25.9 Å². The van der Waals surface area contributed by atoms with Crippen molar-refractivity contribution in [2.24, 2.45) is 0 Å². The number of rotatable bonds is 3. The Balaban J connectivity index is 2.31. The second kappa shape index (κ2) is 5.46. The molecule has 0 amide bonds. The molecule has 0 aliphatic heterocycles. The molecule has 0 spiro atoms. The van der Waals surface area contributed by atoms with Crippen LogP contribution in [0.4, 0.5) is 0 Å². The minimum Gasteiger partial charge on any atom is -0.439 e. The van der Waals surface area contributed by atoms with Crippen molar-refractivity contribution in [2.75, 3.05) is 0 Å². The van der Waals surface area contributed by atoms with Crippen molar-refractivity contribution >= 4 is 33.8 Å². The van der Waals surface area contributed by atoms with E-state index in [0.29, 0.717) is 32.6 Å². The molecule has 4 nitrogen and oxygen atoms in total. The average molecular weight is 328 g/mol. The molecule has 2 rings (SSSR count). The molecule has 0 unspecified atom stereocenters. The van der Waals surface area contributed by atoms with Gasteiger partial charge in [0.1, 0.15) is 16.7 Å². The maximum absolute atomic E-state index is 10.8. The van der Waals surface area contributed by atoms with E-state index in [9.17, 15) is 4.79 Å². The first-order valence-corrected chi connectivity index (χ1v) is 6.19. The molecule has 0 saturated heterocycles. The monoisotopic (exact) mass is 326 g/mol. The fraction of sp³-hybridized carbons (Fsp3) is 0.0833. The van der Waals surface area contributed by atoms with Gasteiger partial charge in [-0.3, -0.25) is 4.79 Å². The smallest absolute Gasteiger partial charge is 0.224 e. The van der Waals surface area contributed by atoms with E-state index in [1.54, 1.807) is 25.1 Å². The normalized spacial score (nSPS) is 10.2. The molecule has 6 heteroatoms. The highest BCUT2D eigenvalue weighted by molar-refractivity contribution is 9.10. The predicted octanol–water partition coefficient (Wildman–Crippen LogP) is 3.81. The molecule has 2 aromatic rings. The van der Waals surface area contributed by atoms with Crippen LogP contribution in [0.25, 0.3) is 0 Å². The Kier molecular flexibility index (Phi) is 3.93. The number of hydrogen-bond acceptors (Lipinski definition) is 4. The first-order valence-electron chi connectivity index (χ1n) is 5.02.